The fourth-order valence-corrected chi connectivity index (χ4v) is 3.85. The van der Waals surface area contributed by atoms with Gasteiger partial charge in [-0.2, -0.15) is 9.97 Å². The van der Waals surface area contributed by atoms with Crippen LogP contribution in [0.2, 0.25) is 0 Å². The fourth-order valence-electron chi connectivity index (χ4n) is 3.85. The molecule has 1 aliphatic carbocycles. The van der Waals surface area contributed by atoms with Crippen LogP contribution < -0.4 is 20.9 Å². The molecule has 0 spiro atoms. The minimum Gasteiger partial charge on any atom is -0.476 e. The molecule has 0 radical (unpaired) electrons. The largest absolute Gasteiger partial charge is 0.476 e. The molecule has 0 amide bonds. The van der Waals surface area contributed by atoms with Gasteiger partial charge in [0.25, 0.3) is 0 Å². The van der Waals surface area contributed by atoms with Crippen molar-refractivity contribution in [2.24, 2.45) is 15.9 Å². The maximum Gasteiger partial charge on any atom is 0.228 e. The second-order valence-electron chi connectivity index (χ2n) is 9.07. The molecule has 11 heteroatoms. The van der Waals surface area contributed by atoms with Gasteiger partial charge in [-0.25, -0.2) is 10.4 Å². The first-order valence-corrected chi connectivity index (χ1v) is 11.8. The first-order valence-electron chi connectivity index (χ1n) is 11.8. The quantitative estimate of drug-likeness (QED) is 0.485. The van der Waals surface area contributed by atoms with Crippen LogP contribution in [0.4, 0.5) is 11.8 Å². The highest BCUT2D eigenvalue weighted by atomic mass is 16.5. The number of aliphatic imine (C=N–C) groups is 2. The zero-order valence-electron chi connectivity index (χ0n) is 19.6. The molecule has 2 aliphatic heterocycles. The van der Waals surface area contributed by atoms with E-state index in [9.17, 15) is 0 Å². The van der Waals surface area contributed by atoms with Crippen molar-refractivity contribution < 1.29 is 9.26 Å². The van der Waals surface area contributed by atoms with Crippen molar-refractivity contribution in [1.82, 2.24) is 30.9 Å². The molecule has 2 fully saturated rings. The number of hydrogen-bond acceptors (Lipinski definition) is 10. The van der Waals surface area contributed by atoms with Crippen molar-refractivity contribution >= 4 is 23.8 Å². The summed E-state index contributed by atoms with van der Waals surface area (Å²) in [5, 5.41) is 7.38. The van der Waals surface area contributed by atoms with Crippen LogP contribution in [-0.2, 0) is 6.54 Å². The predicted molar refractivity (Wildman–Crippen MR) is 129 cm³/mol. The van der Waals surface area contributed by atoms with Crippen molar-refractivity contribution in [2.75, 3.05) is 32.6 Å². The highest BCUT2D eigenvalue weighted by molar-refractivity contribution is 5.86. The van der Waals surface area contributed by atoms with Crippen molar-refractivity contribution in [1.29, 1.82) is 0 Å². The van der Waals surface area contributed by atoms with Gasteiger partial charge in [-0.3, -0.25) is 4.99 Å². The topological polar surface area (TPSA) is 125 Å². The van der Waals surface area contributed by atoms with E-state index in [1.54, 1.807) is 12.3 Å². The summed E-state index contributed by atoms with van der Waals surface area (Å²) in [7, 11) is 4.01. The van der Waals surface area contributed by atoms with Gasteiger partial charge in [-0.15, -0.1) is 0 Å². The molecule has 180 valence electrons. The second-order valence-corrected chi connectivity index (χ2v) is 9.07. The Labute approximate surface area is 198 Å². The third kappa shape index (κ3) is 5.97. The average Bonchev–Trinajstić information content (AvgIpc) is 3.39. The zero-order valence-corrected chi connectivity index (χ0v) is 19.6. The third-order valence-electron chi connectivity index (χ3n) is 5.92. The monoisotopic (exact) mass is 465 g/mol. The van der Waals surface area contributed by atoms with E-state index >= 15 is 0 Å². The first kappa shape index (κ1) is 22.5. The smallest absolute Gasteiger partial charge is 0.228 e. The van der Waals surface area contributed by atoms with Gasteiger partial charge in [0.2, 0.25) is 11.8 Å². The lowest BCUT2D eigenvalue weighted by Gasteiger charge is -2.12. The molecule has 4 heterocycles. The molecule has 2 aromatic heterocycles. The number of aromatic nitrogens is 3. The summed E-state index contributed by atoms with van der Waals surface area (Å²) < 4.78 is 11.4. The van der Waals surface area contributed by atoms with Gasteiger partial charge in [0.1, 0.15) is 18.1 Å². The minimum atomic E-state index is 0.00147. The number of hydrogen-bond donors (Lipinski definition) is 3. The molecule has 2 atom stereocenters. The van der Waals surface area contributed by atoms with Crippen LogP contribution in [0, 0.1) is 5.92 Å². The van der Waals surface area contributed by atoms with Gasteiger partial charge in [0.05, 0.1) is 12.6 Å². The minimum absolute atomic E-state index is 0.00147. The first-order chi connectivity index (χ1) is 16.6. The van der Waals surface area contributed by atoms with Crippen LogP contribution >= 0.6 is 0 Å². The summed E-state index contributed by atoms with van der Waals surface area (Å²) in [5.41, 5.74) is 7.34. The van der Waals surface area contributed by atoms with Crippen LogP contribution in [0.15, 0.2) is 38.8 Å². The SMILES string of the molecule is CN(C)CCOc1cc(/N=C2\CC(C3CC3)NN2)nc(NCc2cc(C3CC=CC=N3)no2)n1. The van der Waals surface area contributed by atoms with Crippen molar-refractivity contribution in [2.45, 2.75) is 44.3 Å². The zero-order chi connectivity index (χ0) is 23.3. The highest BCUT2D eigenvalue weighted by Crippen LogP contribution is 2.35. The molecule has 1 saturated heterocycles. The van der Waals surface area contributed by atoms with E-state index in [2.05, 4.69) is 47.3 Å². The number of hydrazine groups is 1. The Bertz CT molecular complexity index is 1070. The molecular formula is C23H31N9O2. The number of allylic oxidation sites excluding steroid dienone is 1. The van der Waals surface area contributed by atoms with Crippen LogP contribution in [0.3, 0.4) is 0 Å². The Morgan fingerprint density at radius 2 is 2.18 bits per heavy atom. The van der Waals surface area contributed by atoms with Crippen molar-refractivity contribution in [3.8, 4) is 5.88 Å². The number of rotatable bonds is 10. The Morgan fingerprint density at radius 3 is 2.97 bits per heavy atom. The Hall–Kier alpha value is -3.31. The number of nitrogens with one attached hydrogen (secondary N) is 3. The molecular weight excluding hydrogens is 434 g/mol. The lowest BCUT2D eigenvalue weighted by Crippen LogP contribution is -2.32. The normalized spacial score (nSPS) is 23.0. The van der Waals surface area contributed by atoms with E-state index in [0.29, 0.717) is 42.6 Å². The van der Waals surface area contributed by atoms with Gasteiger partial charge in [-0.05, 0) is 45.4 Å². The number of likely N-dealkylation sites (N-methyl/N-ethyl adjacent to an activating group) is 1. The number of dihydropyridines is 1. The van der Waals surface area contributed by atoms with Crippen LogP contribution in [0.25, 0.3) is 0 Å². The second kappa shape index (κ2) is 10.3. The number of amidine groups is 1. The molecule has 0 aromatic carbocycles. The highest BCUT2D eigenvalue weighted by Gasteiger charge is 2.35. The standard InChI is InChI=1S/C23H31N9O2/c1-32(2)9-10-33-22-13-20(26-21-12-18(29-30-21)15-6-7-15)27-23(28-22)25-14-16-11-19(31-34-16)17-5-3-4-8-24-17/h3-4,8,11,13,15,17-18,29H,5-7,9-10,12,14H2,1-2H3,(H2,25,26,27,28,30). The van der Waals surface area contributed by atoms with Crippen molar-refractivity contribution in [3.05, 3.63) is 35.7 Å². The predicted octanol–water partition coefficient (Wildman–Crippen LogP) is 2.40. The van der Waals surface area contributed by atoms with Gasteiger partial charge in [-0.1, -0.05) is 11.2 Å². The fraction of sp³-hybridized carbons (Fsp3) is 0.522. The average molecular weight is 466 g/mol. The molecule has 1 saturated carbocycles. The molecule has 3 aliphatic rings. The summed E-state index contributed by atoms with van der Waals surface area (Å²) in [5.74, 6) is 3.74. The lowest BCUT2D eigenvalue weighted by molar-refractivity contribution is 0.254. The van der Waals surface area contributed by atoms with E-state index < -0.39 is 0 Å². The van der Waals surface area contributed by atoms with E-state index in [1.165, 1.54) is 12.8 Å². The summed E-state index contributed by atoms with van der Waals surface area (Å²) >= 11 is 0. The van der Waals surface area contributed by atoms with Gasteiger partial charge >= 0.3 is 0 Å². The van der Waals surface area contributed by atoms with Gasteiger partial charge in [0, 0.05) is 37.4 Å². The maximum atomic E-state index is 5.87. The summed E-state index contributed by atoms with van der Waals surface area (Å²) in [6.07, 6.45) is 10.1. The molecule has 5 rings (SSSR count). The Kier molecular flexibility index (Phi) is 6.82. The number of ether oxygens (including phenoxy) is 1. The number of nitrogens with zero attached hydrogens (tertiary/aromatic N) is 6. The maximum absolute atomic E-state index is 5.87. The molecule has 2 aromatic rings. The lowest BCUT2D eigenvalue weighted by atomic mass is 10.1. The molecule has 2 unspecified atom stereocenters. The number of anilines is 1. The molecule has 11 nitrogen and oxygen atoms in total. The van der Waals surface area contributed by atoms with Crippen LogP contribution in [-0.4, -0.2) is 65.4 Å². The summed E-state index contributed by atoms with van der Waals surface area (Å²) in [6, 6.07) is 4.13. The third-order valence-corrected chi connectivity index (χ3v) is 5.92. The van der Waals surface area contributed by atoms with E-state index in [4.69, 9.17) is 14.3 Å². The molecule has 3 N–H and O–H groups in total. The molecule has 0 bridgehead atoms. The van der Waals surface area contributed by atoms with Gasteiger partial charge in [0.15, 0.2) is 11.6 Å². The van der Waals surface area contributed by atoms with Crippen LogP contribution in [0.1, 0.15) is 43.2 Å². The van der Waals surface area contributed by atoms with Crippen LogP contribution in [0.5, 0.6) is 5.88 Å². The van der Waals surface area contributed by atoms with E-state index in [0.717, 1.165) is 36.8 Å². The Balaban J connectivity index is 1.27. The summed E-state index contributed by atoms with van der Waals surface area (Å²) in [4.78, 5) is 20.3. The van der Waals surface area contributed by atoms with Gasteiger partial charge < -0.3 is 24.9 Å². The molecule has 34 heavy (non-hydrogen) atoms. The summed E-state index contributed by atoms with van der Waals surface area (Å²) in [6.45, 7) is 1.69. The van der Waals surface area contributed by atoms with Crippen molar-refractivity contribution in [3.63, 3.8) is 0 Å². The van der Waals surface area contributed by atoms with E-state index in [-0.39, 0.29) is 6.04 Å². The Morgan fingerprint density at radius 1 is 1.26 bits per heavy atom. The van der Waals surface area contributed by atoms with E-state index in [1.807, 2.05) is 26.2 Å².